The third-order valence-electron chi connectivity index (χ3n) is 4.87. The van der Waals surface area contributed by atoms with E-state index in [1.54, 1.807) is 28.8 Å². The van der Waals surface area contributed by atoms with E-state index < -0.39 is 11.7 Å². The minimum atomic E-state index is -4.46. The highest BCUT2D eigenvalue weighted by atomic mass is 19.4. The number of nitrogens with zero attached hydrogens (tertiary/aromatic N) is 3. The zero-order valence-corrected chi connectivity index (χ0v) is 15.2. The Balaban J connectivity index is 1.72. The highest BCUT2D eigenvalue weighted by molar-refractivity contribution is 6.06. The van der Waals surface area contributed by atoms with Crippen LogP contribution in [0.15, 0.2) is 42.7 Å². The van der Waals surface area contributed by atoms with Crippen molar-refractivity contribution in [1.29, 1.82) is 0 Å². The summed E-state index contributed by atoms with van der Waals surface area (Å²) in [5.74, 6) is 0.0985. The summed E-state index contributed by atoms with van der Waals surface area (Å²) >= 11 is 0. The van der Waals surface area contributed by atoms with Crippen LogP contribution in [0.2, 0.25) is 0 Å². The van der Waals surface area contributed by atoms with Gasteiger partial charge in [-0.15, -0.1) is 0 Å². The molecule has 8 heteroatoms. The Morgan fingerprint density at radius 2 is 1.93 bits per heavy atom. The van der Waals surface area contributed by atoms with Crippen LogP contribution in [0, 0.1) is 0 Å². The number of halogens is 3. The molecule has 2 aromatic heterocycles. The first-order valence-corrected chi connectivity index (χ1v) is 8.93. The second-order valence-electron chi connectivity index (χ2n) is 6.79. The van der Waals surface area contributed by atoms with Gasteiger partial charge in [0.25, 0.3) is 5.91 Å². The number of hydrogen-bond donors (Lipinski definition) is 0. The molecule has 146 valence electrons. The molecule has 0 aliphatic carbocycles. The second kappa shape index (κ2) is 6.85. The van der Waals surface area contributed by atoms with Crippen molar-refractivity contribution >= 4 is 16.8 Å². The molecular weight excluding hydrogens is 371 g/mol. The van der Waals surface area contributed by atoms with Gasteiger partial charge in [0.05, 0.1) is 22.0 Å². The lowest BCUT2D eigenvalue weighted by atomic mass is 10.2. The van der Waals surface area contributed by atoms with Crippen molar-refractivity contribution in [3.8, 4) is 11.6 Å². The molecule has 1 fully saturated rings. The fourth-order valence-electron chi connectivity index (χ4n) is 3.47. The summed E-state index contributed by atoms with van der Waals surface area (Å²) < 4.78 is 46.3. The summed E-state index contributed by atoms with van der Waals surface area (Å²) in [6.45, 7) is 1.43. The Morgan fingerprint density at radius 1 is 1.18 bits per heavy atom. The molecule has 0 spiro atoms. The van der Waals surface area contributed by atoms with Gasteiger partial charge in [0.1, 0.15) is 5.75 Å². The van der Waals surface area contributed by atoms with Crippen molar-refractivity contribution in [2.75, 3.05) is 13.1 Å². The van der Waals surface area contributed by atoms with E-state index in [0.29, 0.717) is 29.6 Å². The topological polar surface area (TPSA) is 47.4 Å². The monoisotopic (exact) mass is 389 g/mol. The number of pyridine rings is 1. The van der Waals surface area contributed by atoms with Gasteiger partial charge in [-0.05, 0) is 37.1 Å². The fourth-order valence-corrected chi connectivity index (χ4v) is 3.47. The zero-order chi connectivity index (χ0) is 19.9. The van der Waals surface area contributed by atoms with Crippen LogP contribution in [-0.4, -0.2) is 33.4 Å². The first-order valence-electron chi connectivity index (χ1n) is 8.93. The van der Waals surface area contributed by atoms with Crippen LogP contribution >= 0.6 is 0 Å². The molecule has 0 bridgehead atoms. The van der Waals surface area contributed by atoms with Gasteiger partial charge >= 0.3 is 6.18 Å². The number of hydrogen-bond acceptors (Lipinski definition) is 3. The van der Waals surface area contributed by atoms with Gasteiger partial charge in [-0.2, -0.15) is 13.2 Å². The molecule has 1 aliphatic rings. The molecule has 1 aliphatic heterocycles. The smallest absolute Gasteiger partial charge is 0.416 e. The van der Waals surface area contributed by atoms with Gasteiger partial charge in [-0.1, -0.05) is 6.07 Å². The van der Waals surface area contributed by atoms with E-state index in [1.807, 2.05) is 0 Å². The number of carbonyl (C=O) groups excluding carboxylic acids is 1. The molecule has 0 N–H and O–H groups in total. The molecule has 1 aromatic carbocycles. The van der Waals surface area contributed by atoms with Crippen LogP contribution in [0.25, 0.3) is 10.9 Å². The van der Waals surface area contributed by atoms with E-state index >= 15 is 0 Å². The number of amides is 1. The summed E-state index contributed by atoms with van der Waals surface area (Å²) in [6.07, 6.45) is 0.706. The van der Waals surface area contributed by atoms with Crippen LogP contribution in [0.3, 0.4) is 0 Å². The lowest BCUT2D eigenvalue weighted by Gasteiger charge is -2.17. The maximum Gasteiger partial charge on any atom is 0.416 e. The molecule has 1 saturated heterocycles. The number of carbonyl (C=O) groups is 1. The molecule has 5 nitrogen and oxygen atoms in total. The van der Waals surface area contributed by atoms with E-state index in [0.717, 1.165) is 25.0 Å². The number of benzene rings is 1. The summed E-state index contributed by atoms with van der Waals surface area (Å²) in [6, 6.07) is 6.38. The predicted molar refractivity (Wildman–Crippen MR) is 97.4 cm³/mol. The molecule has 28 heavy (non-hydrogen) atoms. The molecule has 3 aromatic rings. The van der Waals surface area contributed by atoms with Gasteiger partial charge in [-0.3, -0.25) is 4.79 Å². The third-order valence-corrected chi connectivity index (χ3v) is 4.87. The molecule has 4 rings (SSSR count). The highest BCUT2D eigenvalue weighted by Gasteiger charge is 2.31. The average molecular weight is 389 g/mol. The zero-order valence-electron chi connectivity index (χ0n) is 15.2. The Labute approximate surface area is 159 Å². The summed E-state index contributed by atoms with van der Waals surface area (Å²) in [7, 11) is 1.80. The number of likely N-dealkylation sites (tertiary alicyclic amines) is 1. The number of aromatic nitrogens is 2. The highest BCUT2D eigenvalue weighted by Crippen LogP contribution is 2.35. The molecule has 1 amide bonds. The molecule has 0 atom stereocenters. The van der Waals surface area contributed by atoms with Gasteiger partial charge in [0, 0.05) is 32.5 Å². The molecule has 0 radical (unpaired) electrons. The van der Waals surface area contributed by atoms with Crippen LogP contribution in [0.5, 0.6) is 11.6 Å². The number of rotatable bonds is 3. The minimum absolute atomic E-state index is 0.0334. The Morgan fingerprint density at radius 3 is 2.64 bits per heavy atom. The Bertz CT molecular complexity index is 1040. The second-order valence-corrected chi connectivity index (χ2v) is 6.79. The Hall–Kier alpha value is -3.03. The quantitative estimate of drug-likeness (QED) is 0.657. The van der Waals surface area contributed by atoms with E-state index in [-0.39, 0.29) is 17.5 Å². The van der Waals surface area contributed by atoms with Crippen molar-refractivity contribution in [3.05, 3.63) is 53.9 Å². The van der Waals surface area contributed by atoms with Crippen molar-refractivity contribution in [2.24, 2.45) is 7.05 Å². The first-order chi connectivity index (χ1) is 13.3. The summed E-state index contributed by atoms with van der Waals surface area (Å²) in [4.78, 5) is 18.9. The SMILES string of the molecule is Cn1ccc2c(Oc3cccc(C(F)(F)F)c3)ncc(C(=O)N3CCCC3)c21. The molecule has 3 heterocycles. The van der Waals surface area contributed by atoms with Crippen molar-refractivity contribution in [1.82, 2.24) is 14.5 Å². The molecule has 0 unspecified atom stereocenters. The van der Waals surface area contributed by atoms with Crippen molar-refractivity contribution in [2.45, 2.75) is 19.0 Å². The minimum Gasteiger partial charge on any atom is -0.438 e. The number of alkyl halides is 3. The maximum atomic E-state index is 12.9. The van der Waals surface area contributed by atoms with Crippen LogP contribution in [0.1, 0.15) is 28.8 Å². The van der Waals surface area contributed by atoms with Crippen LogP contribution < -0.4 is 4.74 Å². The number of aryl methyl sites for hydroxylation is 1. The molecule has 0 saturated carbocycles. The average Bonchev–Trinajstić information content (AvgIpc) is 3.32. The normalized spacial score (nSPS) is 14.6. The lowest BCUT2D eigenvalue weighted by Crippen LogP contribution is -2.28. The summed E-state index contributed by atoms with van der Waals surface area (Å²) in [5.41, 5.74) is 0.310. The van der Waals surface area contributed by atoms with Crippen molar-refractivity contribution in [3.63, 3.8) is 0 Å². The number of ether oxygens (including phenoxy) is 1. The van der Waals surface area contributed by atoms with E-state index in [9.17, 15) is 18.0 Å². The van der Waals surface area contributed by atoms with E-state index in [4.69, 9.17) is 4.74 Å². The lowest BCUT2D eigenvalue weighted by molar-refractivity contribution is -0.137. The van der Waals surface area contributed by atoms with Crippen molar-refractivity contribution < 1.29 is 22.7 Å². The number of fused-ring (bicyclic) bond motifs is 1. The van der Waals surface area contributed by atoms with Crippen LogP contribution in [-0.2, 0) is 13.2 Å². The van der Waals surface area contributed by atoms with Gasteiger partial charge in [0.2, 0.25) is 5.88 Å². The predicted octanol–water partition coefficient (Wildman–Crippen LogP) is 4.62. The summed E-state index contributed by atoms with van der Waals surface area (Å²) in [5, 5.41) is 0.574. The Kier molecular flexibility index (Phi) is 4.49. The molecular formula is C20H18F3N3O2. The van der Waals surface area contributed by atoms with Gasteiger partial charge in [0.15, 0.2) is 0 Å². The maximum absolute atomic E-state index is 12.9. The standard InChI is InChI=1S/C20H18F3N3O2/c1-25-10-7-15-17(25)16(19(27)26-8-2-3-9-26)12-24-18(15)28-14-6-4-5-13(11-14)20(21,22)23/h4-7,10-12H,2-3,8-9H2,1H3. The van der Waals surface area contributed by atoms with Gasteiger partial charge < -0.3 is 14.2 Å². The van der Waals surface area contributed by atoms with Gasteiger partial charge in [-0.25, -0.2) is 4.98 Å². The third kappa shape index (κ3) is 3.30. The largest absolute Gasteiger partial charge is 0.438 e. The van der Waals surface area contributed by atoms with E-state index in [2.05, 4.69) is 4.98 Å². The fraction of sp³-hybridized carbons (Fsp3) is 0.300. The first kappa shape index (κ1) is 18.3. The van der Waals surface area contributed by atoms with E-state index in [1.165, 1.54) is 18.3 Å². The van der Waals surface area contributed by atoms with Crippen LogP contribution in [0.4, 0.5) is 13.2 Å².